The summed E-state index contributed by atoms with van der Waals surface area (Å²) >= 11 is 0. The highest BCUT2D eigenvalue weighted by Gasteiger charge is 2.31. The number of alkyl halides is 3. The molecule has 0 bridgehead atoms. The van der Waals surface area contributed by atoms with Crippen molar-refractivity contribution in [2.45, 2.75) is 11.3 Å². The molecule has 10 heteroatoms. The molecule has 0 atom stereocenters. The number of amides is 1. The minimum absolute atomic E-state index is 0.434. The van der Waals surface area contributed by atoms with Crippen molar-refractivity contribution in [3.63, 3.8) is 0 Å². The zero-order valence-electron chi connectivity index (χ0n) is 11.1. The third-order valence-electron chi connectivity index (χ3n) is 2.26. The van der Waals surface area contributed by atoms with Gasteiger partial charge in [-0.3, -0.25) is 4.79 Å². The summed E-state index contributed by atoms with van der Waals surface area (Å²) in [6.07, 6.45) is -4.92. The summed E-state index contributed by atoms with van der Waals surface area (Å²) in [5, 5.41) is 0. The average molecular weight is 326 g/mol. The van der Waals surface area contributed by atoms with Gasteiger partial charge in [-0.15, -0.1) is 13.2 Å². The van der Waals surface area contributed by atoms with Gasteiger partial charge in [-0.1, -0.05) is 6.07 Å². The number of carbonyl (C=O) groups excluding carboxylic acids is 1. The molecule has 6 nitrogen and oxygen atoms in total. The van der Waals surface area contributed by atoms with E-state index in [0.29, 0.717) is 0 Å². The van der Waals surface area contributed by atoms with Crippen LogP contribution in [0.25, 0.3) is 0 Å². The molecule has 118 valence electrons. The van der Waals surface area contributed by atoms with Gasteiger partial charge in [0.25, 0.3) is 0 Å². The Hall–Kier alpha value is -1.81. The van der Waals surface area contributed by atoms with E-state index in [1.165, 1.54) is 19.0 Å². The molecule has 0 aliphatic heterocycles. The highest BCUT2D eigenvalue weighted by molar-refractivity contribution is 7.89. The summed E-state index contributed by atoms with van der Waals surface area (Å²) in [7, 11) is -1.23. The molecule has 0 unspecified atom stereocenters. The fourth-order valence-corrected chi connectivity index (χ4v) is 2.25. The van der Waals surface area contributed by atoms with Crippen LogP contribution >= 0.6 is 0 Å². The summed E-state index contributed by atoms with van der Waals surface area (Å²) < 4.78 is 65.6. The number of rotatable bonds is 5. The number of carbonyl (C=O) groups is 1. The second kappa shape index (κ2) is 6.31. The third kappa shape index (κ3) is 5.60. The molecule has 0 aliphatic rings. The van der Waals surface area contributed by atoms with E-state index < -0.39 is 39.5 Å². The predicted molar refractivity (Wildman–Crippen MR) is 67.0 cm³/mol. The molecule has 0 heterocycles. The van der Waals surface area contributed by atoms with Crippen LogP contribution in [0.3, 0.4) is 0 Å². The second-order valence-corrected chi connectivity index (χ2v) is 5.90. The number of sulfonamides is 1. The number of benzene rings is 1. The highest BCUT2D eigenvalue weighted by Crippen LogP contribution is 2.24. The van der Waals surface area contributed by atoms with Crippen LogP contribution in [0, 0.1) is 0 Å². The monoisotopic (exact) mass is 326 g/mol. The standard InChI is InChI=1S/C11H13F3N2O4S/c1-16(2)10(17)7-15-21(18,19)9-5-3-4-8(6-9)20-11(12,13)14/h3-6,15H,7H2,1-2H3. The van der Waals surface area contributed by atoms with Crippen LogP contribution in [0.2, 0.25) is 0 Å². The number of ether oxygens (including phenoxy) is 1. The number of halogens is 3. The normalized spacial score (nSPS) is 12.0. The van der Waals surface area contributed by atoms with Crippen LogP contribution < -0.4 is 9.46 Å². The third-order valence-corrected chi connectivity index (χ3v) is 3.66. The molecule has 1 aromatic carbocycles. The number of hydrogen-bond donors (Lipinski definition) is 1. The molecule has 0 radical (unpaired) electrons. The summed E-state index contributed by atoms with van der Waals surface area (Å²) in [5.74, 6) is -1.16. The molecule has 0 saturated carbocycles. The minimum atomic E-state index is -4.92. The fourth-order valence-electron chi connectivity index (χ4n) is 1.24. The van der Waals surface area contributed by atoms with Crippen molar-refractivity contribution in [2.75, 3.05) is 20.6 Å². The Balaban J connectivity index is 2.89. The largest absolute Gasteiger partial charge is 0.573 e. The Morgan fingerprint density at radius 1 is 1.33 bits per heavy atom. The smallest absolute Gasteiger partial charge is 0.406 e. The first-order valence-corrected chi connectivity index (χ1v) is 7.05. The first-order chi connectivity index (χ1) is 9.51. The average Bonchev–Trinajstić information content (AvgIpc) is 2.34. The fraction of sp³-hybridized carbons (Fsp3) is 0.364. The van der Waals surface area contributed by atoms with Gasteiger partial charge < -0.3 is 9.64 Å². The van der Waals surface area contributed by atoms with Gasteiger partial charge in [-0.25, -0.2) is 13.1 Å². The van der Waals surface area contributed by atoms with E-state index in [1.54, 1.807) is 0 Å². The van der Waals surface area contributed by atoms with Crippen molar-refractivity contribution >= 4 is 15.9 Å². The van der Waals surface area contributed by atoms with E-state index in [2.05, 4.69) is 4.74 Å². The second-order valence-electron chi connectivity index (χ2n) is 4.14. The Kier molecular flexibility index (Phi) is 5.18. The van der Waals surface area contributed by atoms with Gasteiger partial charge >= 0.3 is 6.36 Å². The van der Waals surface area contributed by atoms with Crippen LogP contribution in [0.5, 0.6) is 5.75 Å². The molecule has 1 N–H and O–H groups in total. The Morgan fingerprint density at radius 3 is 2.48 bits per heavy atom. The number of likely N-dealkylation sites (N-methyl/N-ethyl adjacent to an activating group) is 1. The van der Waals surface area contributed by atoms with Crippen LogP contribution in [-0.4, -0.2) is 46.2 Å². The highest BCUT2D eigenvalue weighted by atomic mass is 32.2. The Morgan fingerprint density at radius 2 is 1.95 bits per heavy atom. The molecule has 0 spiro atoms. The lowest BCUT2D eigenvalue weighted by Crippen LogP contribution is -2.36. The molecule has 0 fully saturated rings. The van der Waals surface area contributed by atoms with E-state index in [9.17, 15) is 26.4 Å². The van der Waals surface area contributed by atoms with Gasteiger partial charge in [0, 0.05) is 20.2 Å². The van der Waals surface area contributed by atoms with Crippen molar-refractivity contribution in [2.24, 2.45) is 0 Å². The maximum Gasteiger partial charge on any atom is 0.573 e. The summed E-state index contributed by atoms with van der Waals surface area (Å²) in [4.78, 5) is 12.0. The van der Waals surface area contributed by atoms with Gasteiger partial charge in [-0.05, 0) is 12.1 Å². The maximum atomic E-state index is 12.1. The quantitative estimate of drug-likeness (QED) is 0.874. The lowest BCUT2D eigenvalue weighted by molar-refractivity contribution is -0.274. The first-order valence-electron chi connectivity index (χ1n) is 5.57. The van der Waals surface area contributed by atoms with Crippen molar-refractivity contribution in [3.8, 4) is 5.75 Å². The van der Waals surface area contributed by atoms with Crippen LogP contribution in [0.1, 0.15) is 0 Å². The SMILES string of the molecule is CN(C)C(=O)CNS(=O)(=O)c1cccc(OC(F)(F)F)c1. The molecule has 1 amide bonds. The van der Waals surface area contributed by atoms with Gasteiger partial charge in [0.2, 0.25) is 15.9 Å². The zero-order valence-corrected chi connectivity index (χ0v) is 12.0. The van der Waals surface area contributed by atoms with Crippen molar-refractivity contribution in [1.29, 1.82) is 0 Å². The van der Waals surface area contributed by atoms with Crippen LogP contribution in [0.15, 0.2) is 29.2 Å². The lowest BCUT2D eigenvalue weighted by atomic mass is 10.3. The summed E-state index contributed by atoms with van der Waals surface area (Å²) in [6.45, 7) is -0.500. The van der Waals surface area contributed by atoms with E-state index >= 15 is 0 Å². The minimum Gasteiger partial charge on any atom is -0.406 e. The van der Waals surface area contributed by atoms with Crippen molar-refractivity contribution < 1.29 is 31.1 Å². The number of nitrogens with zero attached hydrogens (tertiary/aromatic N) is 1. The molecule has 0 aromatic heterocycles. The van der Waals surface area contributed by atoms with E-state index in [-0.39, 0.29) is 0 Å². The number of hydrogen-bond acceptors (Lipinski definition) is 4. The molecule has 21 heavy (non-hydrogen) atoms. The lowest BCUT2D eigenvalue weighted by Gasteiger charge is -2.12. The zero-order chi connectivity index (χ0) is 16.3. The van der Waals surface area contributed by atoms with Gasteiger partial charge in [-0.2, -0.15) is 0 Å². The topological polar surface area (TPSA) is 75.7 Å². The Bertz CT molecular complexity index is 614. The Labute approximate surface area is 119 Å². The van der Waals surface area contributed by atoms with Crippen LogP contribution in [-0.2, 0) is 14.8 Å². The van der Waals surface area contributed by atoms with Crippen molar-refractivity contribution in [3.05, 3.63) is 24.3 Å². The maximum absolute atomic E-state index is 12.1. The van der Waals surface area contributed by atoms with Crippen molar-refractivity contribution in [1.82, 2.24) is 9.62 Å². The molecular weight excluding hydrogens is 313 g/mol. The summed E-state index contributed by atoms with van der Waals surface area (Å²) in [5.41, 5.74) is 0. The van der Waals surface area contributed by atoms with E-state index in [4.69, 9.17) is 0 Å². The molecule has 1 rings (SSSR count). The molecule has 0 saturated heterocycles. The van der Waals surface area contributed by atoms with Gasteiger partial charge in [0.15, 0.2) is 0 Å². The molecular formula is C11H13F3N2O4S. The molecule has 1 aromatic rings. The van der Waals surface area contributed by atoms with E-state index in [0.717, 1.165) is 24.3 Å². The summed E-state index contributed by atoms with van der Waals surface area (Å²) in [6, 6.07) is 3.88. The molecule has 0 aliphatic carbocycles. The van der Waals surface area contributed by atoms with Gasteiger partial charge in [0.1, 0.15) is 5.75 Å². The van der Waals surface area contributed by atoms with Gasteiger partial charge in [0.05, 0.1) is 11.4 Å². The number of nitrogens with one attached hydrogen (secondary N) is 1. The van der Waals surface area contributed by atoms with E-state index in [1.807, 2.05) is 4.72 Å². The first kappa shape index (κ1) is 17.2. The predicted octanol–water partition coefficient (Wildman–Crippen LogP) is 0.952. The van der Waals surface area contributed by atoms with Crippen LogP contribution in [0.4, 0.5) is 13.2 Å².